The average Bonchev–Trinajstić information content (AvgIpc) is 2.20. The van der Waals surface area contributed by atoms with Gasteiger partial charge in [-0.3, -0.25) is 23.9 Å². The smallest absolute Gasteiger partial charge is 0.328 e. The molecule has 10 heteroatoms. The minimum atomic E-state index is -2.05. The SMILES string of the molecule is [NH-][N+](=CC(C(=O)O)C(=O)O)CC(C(=O)O)C(=O)O. The Labute approximate surface area is 99.5 Å². The first-order valence-corrected chi connectivity index (χ1v) is 4.41. The Hall–Kier alpha value is -2.65. The van der Waals surface area contributed by atoms with E-state index in [4.69, 9.17) is 26.3 Å². The molecule has 0 unspecified atom stereocenters. The van der Waals surface area contributed by atoms with Crippen molar-refractivity contribution in [3.63, 3.8) is 0 Å². The molecule has 0 saturated heterocycles. The monoisotopic (exact) mass is 262 g/mol. The number of nitrogens with one attached hydrogen (secondary N) is 1. The van der Waals surface area contributed by atoms with Crippen LogP contribution in [0.5, 0.6) is 0 Å². The fourth-order valence-corrected chi connectivity index (χ4v) is 0.932. The van der Waals surface area contributed by atoms with Crippen molar-refractivity contribution < 1.29 is 44.3 Å². The first kappa shape index (κ1) is 15.3. The van der Waals surface area contributed by atoms with E-state index in [1.807, 2.05) is 0 Å². The Morgan fingerprint density at radius 3 is 1.61 bits per heavy atom. The summed E-state index contributed by atoms with van der Waals surface area (Å²) in [6, 6.07) is 0. The third-order valence-corrected chi connectivity index (χ3v) is 1.84. The second-order valence-electron chi connectivity index (χ2n) is 3.18. The van der Waals surface area contributed by atoms with Gasteiger partial charge in [-0.1, -0.05) is 0 Å². The van der Waals surface area contributed by atoms with Crippen molar-refractivity contribution in [2.45, 2.75) is 0 Å². The standard InChI is InChI=1S/C8H10N2O8/c9-10(1-3(5(11)12)6(13)14)2-4(7(15)16)8(17)18/h1,3-4,9H,2H2,(H,11,12)(H,13,14)(H,15,16)(H,17,18). The summed E-state index contributed by atoms with van der Waals surface area (Å²) in [4.78, 5) is 41.9. The lowest BCUT2D eigenvalue weighted by atomic mass is 10.1. The van der Waals surface area contributed by atoms with E-state index in [0.717, 1.165) is 0 Å². The zero-order valence-electron chi connectivity index (χ0n) is 8.81. The highest BCUT2D eigenvalue weighted by molar-refractivity contribution is 6.06. The van der Waals surface area contributed by atoms with Crippen LogP contribution in [0, 0.1) is 11.8 Å². The predicted octanol–water partition coefficient (Wildman–Crippen LogP) is -1.39. The van der Waals surface area contributed by atoms with Gasteiger partial charge in [0.05, 0.1) is 0 Å². The molecule has 0 amide bonds. The van der Waals surface area contributed by atoms with Gasteiger partial charge in [0, 0.05) is 0 Å². The highest BCUT2D eigenvalue weighted by Crippen LogP contribution is 2.00. The van der Waals surface area contributed by atoms with E-state index in [2.05, 4.69) is 0 Å². The molecule has 0 saturated carbocycles. The molecule has 0 rings (SSSR count). The molecule has 0 aromatic carbocycles. The second kappa shape index (κ2) is 6.18. The summed E-state index contributed by atoms with van der Waals surface area (Å²) in [7, 11) is 0. The number of carboxylic acids is 4. The van der Waals surface area contributed by atoms with Crippen LogP contribution in [0.2, 0.25) is 0 Å². The number of aliphatic carboxylic acids is 4. The van der Waals surface area contributed by atoms with Gasteiger partial charge < -0.3 is 26.3 Å². The number of nitrogens with zero attached hydrogens (tertiary/aromatic N) is 1. The van der Waals surface area contributed by atoms with Gasteiger partial charge in [0.1, 0.15) is 0 Å². The first-order valence-electron chi connectivity index (χ1n) is 4.41. The molecule has 0 radical (unpaired) electrons. The third-order valence-electron chi connectivity index (χ3n) is 1.84. The molecule has 0 aliphatic rings. The lowest BCUT2D eigenvalue weighted by Gasteiger charge is -2.09. The van der Waals surface area contributed by atoms with Gasteiger partial charge in [0.15, 0.2) is 12.8 Å². The zero-order chi connectivity index (χ0) is 14.5. The normalized spacial score (nSPS) is 11.6. The van der Waals surface area contributed by atoms with E-state index in [0.29, 0.717) is 6.21 Å². The van der Waals surface area contributed by atoms with Crippen LogP contribution in [0.1, 0.15) is 0 Å². The van der Waals surface area contributed by atoms with Gasteiger partial charge in [-0.15, -0.1) is 0 Å². The van der Waals surface area contributed by atoms with Crippen LogP contribution in [-0.2, 0) is 19.2 Å². The van der Waals surface area contributed by atoms with Crippen LogP contribution >= 0.6 is 0 Å². The van der Waals surface area contributed by atoms with Gasteiger partial charge in [-0.05, 0) is 0 Å². The molecular formula is C8H10N2O8. The van der Waals surface area contributed by atoms with E-state index < -0.39 is 42.3 Å². The molecule has 0 aliphatic carbocycles. The van der Waals surface area contributed by atoms with Crippen LogP contribution in [-0.4, -0.2) is 61.7 Å². The quantitative estimate of drug-likeness (QED) is 0.187. The van der Waals surface area contributed by atoms with Crippen molar-refractivity contribution in [3.8, 4) is 0 Å². The van der Waals surface area contributed by atoms with E-state index in [9.17, 15) is 19.2 Å². The summed E-state index contributed by atoms with van der Waals surface area (Å²) < 4.78 is 0.166. The van der Waals surface area contributed by atoms with Crippen molar-refractivity contribution >= 4 is 30.1 Å². The number of hydrogen-bond acceptors (Lipinski definition) is 4. The minimum Gasteiger partial charge on any atom is -0.480 e. The topological polar surface area (TPSA) is 176 Å². The maximum atomic E-state index is 10.5. The van der Waals surface area contributed by atoms with Crippen molar-refractivity contribution in [1.82, 2.24) is 0 Å². The molecule has 0 heterocycles. The lowest BCUT2D eigenvalue weighted by Crippen LogP contribution is -2.34. The van der Waals surface area contributed by atoms with Gasteiger partial charge in [-0.2, -0.15) is 0 Å². The summed E-state index contributed by atoms with van der Waals surface area (Å²) in [5.41, 5.74) is 0. The van der Waals surface area contributed by atoms with Crippen molar-refractivity contribution in [1.29, 1.82) is 0 Å². The third kappa shape index (κ3) is 4.47. The Kier molecular flexibility index (Phi) is 5.27. The largest absolute Gasteiger partial charge is 0.480 e. The molecule has 0 atom stereocenters. The molecule has 0 aliphatic heterocycles. The summed E-state index contributed by atoms with van der Waals surface area (Å²) in [6.45, 7) is -0.873. The van der Waals surface area contributed by atoms with Crippen LogP contribution in [0.4, 0.5) is 0 Å². The maximum absolute atomic E-state index is 10.5. The highest BCUT2D eigenvalue weighted by Gasteiger charge is 2.31. The number of carbonyl (C=O) groups is 4. The molecule has 0 aromatic rings. The Bertz CT molecular complexity index is 387. The highest BCUT2D eigenvalue weighted by atomic mass is 16.4. The Morgan fingerprint density at radius 1 is 0.944 bits per heavy atom. The lowest BCUT2D eigenvalue weighted by molar-refractivity contribution is -0.459. The fourth-order valence-electron chi connectivity index (χ4n) is 0.932. The fraction of sp³-hybridized carbons (Fsp3) is 0.375. The van der Waals surface area contributed by atoms with Gasteiger partial charge in [0.25, 0.3) is 0 Å². The van der Waals surface area contributed by atoms with Crippen molar-refractivity contribution in [2.24, 2.45) is 11.8 Å². The van der Waals surface area contributed by atoms with Crippen LogP contribution < -0.4 is 0 Å². The van der Waals surface area contributed by atoms with Crippen LogP contribution in [0.3, 0.4) is 0 Å². The number of carboxylic acid groups (broad SMARTS) is 4. The van der Waals surface area contributed by atoms with Crippen molar-refractivity contribution in [3.05, 3.63) is 5.84 Å². The zero-order valence-corrected chi connectivity index (χ0v) is 8.81. The minimum absolute atomic E-state index is 0.166. The number of hydrogen-bond donors (Lipinski definition) is 4. The molecule has 0 spiro atoms. The predicted molar refractivity (Wildman–Crippen MR) is 53.0 cm³/mol. The van der Waals surface area contributed by atoms with Gasteiger partial charge >= 0.3 is 23.9 Å². The van der Waals surface area contributed by atoms with Crippen LogP contribution in [0.15, 0.2) is 0 Å². The molecule has 100 valence electrons. The molecule has 0 fully saturated rings. The molecular weight excluding hydrogens is 252 g/mol. The van der Waals surface area contributed by atoms with Crippen LogP contribution in [0.25, 0.3) is 5.84 Å². The summed E-state index contributed by atoms with van der Waals surface area (Å²) in [5.74, 6) is -3.80. The molecule has 5 N–H and O–H groups in total. The second-order valence-corrected chi connectivity index (χ2v) is 3.18. The summed E-state index contributed by atoms with van der Waals surface area (Å²) in [6.07, 6.45) is 0.406. The molecule has 0 aromatic heterocycles. The average molecular weight is 262 g/mol. The molecule has 10 nitrogen and oxygen atoms in total. The van der Waals surface area contributed by atoms with E-state index in [-0.39, 0.29) is 4.68 Å². The van der Waals surface area contributed by atoms with E-state index in [1.165, 1.54) is 0 Å². The van der Waals surface area contributed by atoms with Crippen molar-refractivity contribution in [2.75, 3.05) is 6.54 Å². The van der Waals surface area contributed by atoms with Gasteiger partial charge in [0.2, 0.25) is 11.8 Å². The number of rotatable bonds is 7. The van der Waals surface area contributed by atoms with E-state index >= 15 is 0 Å². The molecule has 18 heavy (non-hydrogen) atoms. The van der Waals surface area contributed by atoms with E-state index in [1.54, 1.807) is 0 Å². The Morgan fingerprint density at radius 2 is 1.33 bits per heavy atom. The summed E-state index contributed by atoms with van der Waals surface area (Å²) in [5, 5.41) is 34.0. The first-order chi connectivity index (χ1) is 8.16. The summed E-state index contributed by atoms with van der Waals surface area (Å²) >= 11 is 0. The van der Waals surface area contributed by atoms with Gasteiger partial charge in [-0.25, -0.2) is 0 Å². The molecule has 0 bridgehead atoms. The Balaban J connectivity index is 4.98. The maximum Gasteiger partial charge on any atom is 0.328 e.